The van der Waals surface area contributed by atoms with Gasteiger partial charge in [-0.2, -0.15) is 4.39 Å². The van der Waals surface area contributed by atoms with Gasteiger partial charge in [-0.3, -0.25) is 4.79 Å². The molecule has 0 unspecified atom stereocenters. The second kappa shape index (κ2) is 13.0. The monoisotopic (exact) mass is 524 g/mol. The Kier molecular flexibility index (Phi) is 9.48. The second-order valence-corrected chi connectivity index (χ2v) is 9.99. The van der Waals surface area contributed by atoms with Gasteiger partial charge in [-0.15, -0.1) is 0 Å². The van der Waals surface area contributed by atoms with Crippen molar-refractivity contribution in [2.45, 2.75) is 71.1 Å². The van der Waals surface area contributed by atoms with Crippen LogP contribution < -0.4 is 9.47 Å². The molecule has 1 aliphatic carbocycles. The first-order valence-corrected chi connectivity index (χ1v) is 13.6. The maximum atomic E-state index is 14.9. The Morgan fingerprint density at radius 1 is 0.842 bits per heavy atom. The number of esters is 1. The molecule has 0 atom stereocenters. The summed E-state index contributed by atoms with van der Waals surface area (Å²) in [6, 6.07) is 15.2. The molecule has 3 aromatic carbocycles. The largest absolute Gasteiger partial charge is 0.491 e. The van der Waals surface area contributed by atoms with Gasteiger partial charge in [-0.25, -0.2) is 8.78 Å². The highest BCUT2D eigenvalue weighted by molar-refractivity contribution is 5.76. The van der Waals surface area contributed by atoms with E-state index in [1.807, 2.05) is 18.2 Å². The maximum Gasteiger partial charge on any atom is 0.314 e. The van der Waals surface area contributed by atoms with E-state index < -0.39 is 35.1 Å². The molecular weight excluding hydrogens is 489 g/mol. The number of ether oxygens (including phenoxy) is 2. The van der Waals surface area contributed by atoms with Crippen molar-refractivity contribution in [3.8, 4) is 22.6 Å². The molecule has 1 aliphatic rings. The third-order valence-corrected chi connectivity index (χ3v) is 7.38. The Bertz CT molecular complexity index is 1230. The van der Waals surface area contributed by atoms with Crippen LogP contribution >= 0.6 is 0 Å². The highest BCUT2D eigenvalue weighted by Crippen LogP contribution is 2.38. The molecule has 0 spiro atoms. The van der Waals surface area contributed by atoms with E-state index >= 15 is 0 Å². The van der Waals surface area contributed by atoms with Crippen LogP contribution in [0, 0.1) is 23.4 Å². The standard InChI is InChI=1S/C32H35F3O3/c1-3-5-6-7-21-8-10-23(11-9-21)26-17-19-29(31(35)30(26)34)38-32(36)24-14-12-22(13-15-24)25-16-18-28(37-4-2)27(33)20-25/h8-11,16-20,22,24H,3-7,12-15H2,1-2H3. The number of hydrogen-bond donors (Lipinski definition) is 0. The van der Waals surface area contributed by atoms with Gasteiger partial charge in [0.25, 0.3) is 0 Å². The fraction of sp³-hybridized carbons (Fsp3) is 0.406. The van der Waals surface area contributed by atoms with Gasteiger partial charge in [-0.1, -0.05) is 50.1 Å². The Morgan fingerprint density at radius 2 is 1.55 bits per heavy atom. The Labute approximate surface area is 223 Å². The summed E-state index contributed by atoms with van der Waals surface area (Å²) in [6.07, 6.45) is 6.78. The van der Waals surface area contributed by atoms with Crippen LogP contribution in [0.5, 0.6) is 11.5 Å². The van der Waals surface area contributed by atoms with E-state index in [9.17, 15) is 18.0 Å². The fourth-order valence-electron chi connectivity index (χ4n) is 5.16. The van der Waals surface area contributed by atoms with Crippen LogP contribution in [0.15, 0.2) is 54.6 Å². The second-order valence-electron chi connectivity index (χ2n) is 9.99. The van der Waals surface area contributed by atoms with Gasteiger partial charge < -0.3 is 9.47 Å². The van der Waals surface area contributed by atoms with Crippen molar-refractivity contribution in [1.29, 1.82) is 0 Å². The minimum absolute atomic E-state index is 0.121. The lowest BCUT2D eigenvalue weighted by molar-refractivity contribution is -0.140. The topological polar surface area (TPSA) is 35.5 Å². The first kappa shape index (κ1) is 27.7. The summed E-state index contributed by atoms with van der Waals surface area (Å²) in [6.45, 7) is 4.35. The minimum Gasteiger partial charge on any atom is -0.491 e. The quantitative estimate of drug-likeness (QED) is 0.151. The molecule has 3 nitrogen and oxygen atoms in total. The number of rotatable bonds is 10. The summed E-state index contributed by atoms with van der Waals surface area (Å²) < 4.78 is 54.6. The van der Waals surface area contributed by atoms with E-state index in [-0.39, 0.29) is 17.2 Å². The van der Waals surface area contributed by atoms with E-state index in [0.717, 1.165) is 36.8 Å². The van der Waals surface area contributed by atoms with Crippen LogP contribution in [0.1, 0.15) is 75.8 Å². The molecule has 38 heavy (non-hydrogen) atoms. The number of unbranched alkanes of at least 4 members (excludes halogenated alkanes) is 2. The average molecular weight is 525 g/mol. The predicted molar refractivity (Wildman–Crippen MR) is 143 cm³/mol. The first-order valence-electron chi connectivity index (χ1n) is 13.6. The highest BCUT2D eigenvalue weighted by Gasteiger charge is 2.30. The van der Waals surface area contributed by atoms with E-state index in [1.54, 1.807) is 25.1 Å². The van der Waals surface area contributed by atoms with Crippen molar-refractivity contribution >= 4 is 5.97 Å². The average Bonchev–Trinajstić information content (AvgIpc) is 2.93. The van der Waals surface area contributed by atoms with Crippen LogP contribution in [-0.2, 0) is 11.2 Å². The molecule has 0 saturated heterocycles. The number of carbonyl (C=O) groups excluding carboxylic acids is 1. The summed E-state index contributed by atoms with van der Waals surface area (Å²) in [5.41, 5.74) is 2.74. The number of aryl methyl sites for hydroxylation is 1. The summed E-state index contributed by atoms with van der Waals surface area (Å²) in [5, 5.41) is 0. The molecule has 0 radical (unpaired) electrons. The van der Waals surface area contributed by atoms with Crippen LogP contribution in [-0.4, -0.2) is 12.6 Å². The zero-order valence-electron chi connectivity index (χ0n) is 22.1. The molecule has 0 amide bonds. The molecule has 4 rings (SSSR count). The summed E-state index contributed by atoms with van der Waals surface area (Å²) in [7, 11) is 0. The van der Waals surface area contributed by atoms with Gasteiger partial charge in [0.1, 0.15) is 0 Å². The third kappa shape index (κ3) is 6.58. The van der Waals surface area contributed by atoms with Crippen LogP contribution in [0.25, 0.3) is 11.1 Å². The molecule has 202 valence electrons. The summed E-state index contributed by atoms with van der Waals surface area (Å²) in [4.78, 5) is 12.8. The number of hydrogen-bond acceptors (Lipinski definition) is 3. The highest BCUT2D eigenvalue weighted by atomic mass is 19.2. The van der Waals surface area contributed by atoms with Gasteiger partial charge in [-0.05, 0) is 92.3 Å². The molecule has 1 saturated carbocycles. The molecule has 0 aliphatic heterocycles. The SMILES string of the molecule is CCCCCc1ccc(-c2ccc(OC(=O)C3CCC(c4ccc(OCC)c(F)c4)CC3)c(F)c2F)cc1. The van der Waals surface area contributed by atoms with Gasteiger partial charge in [0.2, 0.25) is 5.82 Å². The Balaban J connectivity index is 1.36. The van der Waals surface area contributed by atoms with Crippen LogP contribution in [0.4, 0.5) is 13.2 Å². The van der Waals surface area contributed by atoms with E-state index in [1.165, 1.54) is 18.2 Å². The van der Waals surface area contributed by atoms with Gasteiger partial charge >= 0.3 is 5.97 Å². The third-order valence-electron chi connectivity index (χ3n) is 7.38. The van der Waals surface area contributed by atoms with Crippen molar-refractivity contribution in [1.82, 2.24) is 0 Å². The fourth-order valence-corrected chi connectivity index (χ4v) is 5.16. The molecule has 0 bridgehead atoms. The minimum atomic E-state index is -1.17. The van der Waals surface area contributed by atoms with E-state index in [0.29, 0.717) is 37.9 Å². The lowest BCUT2D eigenvalue weighted by atomic mass is 9.78. The van der Waals surface area contributed by atoms with Crippen LogP contribution in [0.3, 0.4) is 0 Å². The zero-order valence-corrected chi connectivity index (χ0v) is 22.1. The predicted octanol–water partition coefficient (Wildman–Crippen LogP) is 8.78. The Morgan fingerprint density at radius 3 is 2.21 bits per heavy atom. The van der Waals surface area contributed by atoms with Gasteiger partial charge in [0.15, 0.2) is 23.1 Å². The van der Waals surface area contributed by atoms with Gasteiger partial charge in [0, 0.05) is 5.56 Å². The van der Waals surface area contributed by atoms with E-state index in [4.69, 9.17) is 9.47 Å². The number of halogens is 3. The molecule has 0 N–H and O–H groups in total. The zero-order chi connectivity index (χ0) is 27.1. The van der Waals surface area contributed by atoms with Crippen molar-refractivity contribution in [3.05, 3.63) is 83.2 Å². The summed E-state index contributed by atoms with van der Waals surface area (Å²) >= 11 is 0. The molecule has 0 heterocycles. The smallest absolute Gasteiger partial charge is 0.314 e. The molecule has 6 heteroatoms. The maximum absolute atomic E-state index is 14.9. The molecule has 1 fully saturated rings. The van der Waals surface area contributed by atoms with E-state index in [2.05, 4.69) is 6.92 Å². The first-order chi connectivity index (χ1) is 18.4. The van der Waals surface area contributed by atoms with Crippen molar-refractivity contribution in [2.24, 2.45) is 5.92 Å². The number of carbonyl (C=O) groups is 1. The van der Waals surface area contributed by atoms with Crippen molar-refractivity contribution in [2.75, 3.05) is 6.61 Å². The molecule has 0 aromatic heterocycles. The summed E-state index contributed by atoms with van der Waals surface area (Å²) in [5.74, 6) is -3.62. The Hall–Kier alpha value is -3.28. The lowest BCUT2D eigenvalue weighted by Crippen LogP contribution is -2.25. The van der Waals surface area contributed by atoms with Crippen molar-refractivity contribution < 1.29 is 27.4 Å². The normalized spacial score (nSPS) is 17.3. The van der Waals surface area contributed by atoms with Gasteiger partial charge in [0.05, 0.1) is 12.5 Å². The van der Waals surface area contributed by atoms with Crippen LogP contribution in [0.2, 0.25) is 0 Å². The molecular formula is C32H35F3O3. The van der Waals surface area contributed by atoms with Crippen molar-refractivity contribution in [3.63, 3.8) is 0 Å². The lowest BCUT2D eigenvalue weighted by Gasteiger charge is -2.27. The molecule has 3 aromatic rings. The number of benzene rings is 3.